The monoisotopic (exact) mass is 208 g/mol. The summed E-state index contributed by atoms with van der Waals surface area (Å²) in [4.78, 5) is 1.25. The van der Waals surface area contributed by atoms with E-state index in [0.29, 0.717) is 0 Å². The van der Waals surface area contributed by atoms with Gasteiger partial charge in [0.1, 0.15) is 5.75 Å². The number of ether oxygens (including phenoxy) is 1. The Morgan fingerprint density at radius 1 is 1.43 bits per heavy atom. The maximum absolute atomic E-state index is 9.28. The fourth-order valence-electron chi connectivity index (χ4n) is 1.61. The molecule has 1 N–H and O–H groups in total. The molecule has 0 saturated heterocycles. The van der Waals surface area contributed by atoms with Crippen LogP contribution in [0.25, 0.3) is 10.1 Å². The average Bonchev–Trinajstić information content (AvgIpc) is 2.56. The summed E-state index contributed by atoms with van der Waals surface area (Å²) in [6, 6.07) is 6.05. The van der Waals surface area contributed by atoms with E-state index in [2.05, 4.69) is 13.0 Å². The molecule has 14 heavy (non-hydrogen) atoms. The molecule has 0 aliphatic rings. The van der Waals surface area contributed by atoms with Crippen molar-refractivity contribution in [3.05, 3.63) is 28.6 Å². The fourth-order valence-corrected chi connectivity index (χ4v) is 2.65. The molecule has 74 valence electrons. The number of aliphatic hydroxyl groups excluding tert-OH is 1. The Balaban J connectivity index is 2.75. The molecule has 2 nitrogen and oxygen atoms in total. The molecular formula is C11H12O2S. The molecule has 0 amide bonds. The Labute approximate surface area is 86.8 Å². The van der Waals surface area contributed by atoms with Crippen molar-refractivity contribution in [1.29, 1.82) is 0 Å². The Morgan fingerprint density at radius 3 is 2.86 bits per heavy atom. The van der Waals surface area contributed by atoms with Crippen LogP contribution in [0.2, 0.25) is 0 Å². The molecule has 1 aromatic carbocycles. The summed E-state index contributed by atoms with van der Waals surface area (Å²) in [7, 11) is 1.63. The molecule has 0 spiro atoms. The highest BCUT2D eigenvalue weighted by Gasteiger charge is 2.09. The van der Waals surface area contributed by atoms with Crippen molar-refractivity contribution >= 4 is 21.4 Å². The third kappa shape index (κ3) is 1.38. The van der Waals surface area contributed by atoms with E-state index in [9.17, 15) is 5.11 Å². The summed E-state index contributed by atoms with van der Waals surface area (Å²) in [5.74, 6) is 0.766. The largest absolute Gasteiger partial charge is 0.496 e. The number of methoxy groups -OCH3 is 1. The molecular weight excluding hydrogens is 196 g/mol. The lowest BCUT2D eigenvalue weighted by molar-refractivity contribution is 0.276. The molecule has 0 aliphatic heterocycles. The summed E-state index contributed by atoms with van der Waals surface area (Å²) in [6.07, 6.45) is 0. The summed E-state index contributed by atoms with van der Waals surface area (Å²) in [5.41, 5.74) is 0.892. The van der Waals surface area contributed by atoms with Crippen LogP contribution in [0.5, 0.6) is 5.75 Å². The van der Waals surface area contributed by atoms with Gasteiger partial charge in [-0.25, -0.2) is 0 Å². The predicted octanol–water partition coefficient (Wildman–Crippen LogP) is 2.71. The van der Waals surface area contributed by atoms with Gasteiger partial charge in [0.25, 0.3) is 0 Å². The lowest BCUT2D eigenvalue weighted by Gasteiger charge is -2.06. The van der Waals surface area contributed by atoms with Crippen molar-refractivity contribution in [2.75, 3.05) is 7.11 Å². The number of hydrogen-bond acceptors (Lipinski definition) is 3. The Morgan fingerprint density at radius 2 is 2.21 bits per heavy atom. The molecule has 2 rings (SSSR count). The molecule has 1 aromatic heterocycles. The highest BCUT2D eigenvalue weighted by atomic mass is 32.1. The molecule has 0 radical (unpaired) electrons. The van der Waals surface area contributed by atoms with E-state index in [1.807, 2.05) is 12.1 Å². The molecule has 0 fully saturated rings. The molecule has 0 saturated carbocycles. The number of aryl methyl sites for hydroxylation is 1. The SMILES string of the molecule is COc1ccc2cc(C)sc2c1CO. The van der Waals surface area contributed by atoms with Gasteiger partial charge in [0.2, 0.25) is 0 Å². The minimum Gasteiger partial charge on any atom is -0.496 e. The van der Waals surface area contributed by atoms with Crippen LogP contribution < -0.4 is 4.74 Å². The standard InChI is InChI=1S/C11H12O2S/c1-7-5-8-3-4-10(13-2)9(6-12)11(8)14-7/h3-5,12H,6H2,1-2H3. The van der Waals surface area contributed by atoms with Crippen molar-refractivity contribution in [2.24, 2.45) is 0 Å². The number of aliphatic hydroxyl groups is 1. The van der Waals surface area contributed by atoms with Gasteiger partial charge in [-0.2, -0.15) is 0 Å². The zero-order valence-electron chi connectivity index (χ0n) is 8.20. The van der Waals surface area contributed by atoms with Gasteiger partial charge in [-0.3, -0.25) is 0 Å². The van der Waals surface area contributed by atoms with Crippen molar-refractivity contribution in [3.63, 3.8) is 0 Å². The van der Waals surface area contributed by atoms with E-state index < -0.39 is 0 Å². The van der Waals surface area contributed by atoms with Crippen LogP contribution in [0.15, 0.2) is 18.2 Å². The van der Waals surface area contributed by atoms with Gasteiger partial charge in [0, 0.05) is 15.1 Å². The molecule has 1 heterocycles. The van der Waals surface area contributed by atoms with Gasteiger partial charge < -0.3 is 9.84 Å². The van der Waals surface area contributed by atoms with Gasteiger partial charge in [0.05, 0.1) is 13.7 Å². The average molecular weight is 208 g/mol. The van der Waals surface area contributed by atoms with E-state index in [1.54, 1.807) is 18.4 Å². The Kier molecular flexibility index (Phi) is 2.44. The molecule has 0 bridgehead atoms. The first kappa shape index (κ1) is 9.49. The maximum atomic E-state index is 9.28. The van der Waals surface area contributed by atoms with Crippen LogP contribution in [0.3, 0.4) is 0 Å². The van der Waals surface area contributed by atoms with Crippen molar-refractivity contribution in [3.8, 4) is 5.75 Å². The van der Waals surface area contributed by atoms with E-state index in [1.165, 1.54) is 10.3 Å². The van der Waals surface area contributed by atoms with E-state index >= 15 is 0 Å². The lowest BCUT2D eigenvalue weighted by Crippen LogP contribution is -1.91. The lowest BCUT2D eigenvalue weighted by atomic mass is 10.1. The predicted molar refractivity (Wildman–Crippen MR) is 59.0 cm³/mol. The summed E-state index contributed by atoms with van der Waals surface area (Å²) in [6.45, 7) is 2.10. The van der Waals surface area contributed by atoms with E-state index in [0.717, 1.165) is 16.0 Å². The van der Waals surface area contributed by atoms with Crippen LogP contribution in [-0.2, 0) is 6.61 Å². The number of fused-ring (bicyclic) bond motifs is 1. The zero-order chi connectivity index (χ0) is 10.1. The van der Waals surface area contributed by atoms with Crippen molar-refractivity contribution in [2.45, 2.75) is 13.5 Å². The smallest absolute Gasteiger partial charge is 0.125 e. The second-order valence-corrected chi connectivity index (χ2v) is 4.44. The van der Waals surface area contributed by atoms with Crippen molar-refractivity contribution in [1.82, 2.24) is 0 Å². The summed E-state index contributed by atoms with van der Waals surface area (Å²) in [5, 5.41) is 10.5. The molecule has 0 atom stereocenters. The third-order valence-electron chi connectivity index (χ3n) is 2.25. The number of thiophene rings is 1. The highest BCUT2D eigenvalue weighted by Crippen LogP contribution is 2.33. The first-order chi connectivity index (χ1) is 6.76. The minimum atomic E-state index is 0.0282. The van der Waals surface area contributed by atoms with Crippen LogP contribution >= 0.6 is 11.3 Å². The summed E-state index contributed by atoms with van der Waals surface area (Å²) >= 11 is 1.69. The molecule has 0 unspecified atom stereocenters. The van der Waals surface area contributed by atoms with Crippen LogP contribution in [-0.4, -0.2) is 12.2 Å². The number of benzene rings is 1. The Hall–Kier alpha value is -1.06. The van der Waals surface area contributed by atoms with E-state index in [-0.39, 0.29) is 6.61 Å². The second kappa shape index (κ2) is 3.59. The van der Waals surface area contributed by atoms with Crippen LogP contribution in [0.1, 0.15) is 10.4 Å². The summed E-state index contributed by atoms with van der Waals surface area (Å²) < 4.78 is 6.33. The quantitative estimate of drug-likeness (QED) is 0.822. The normalized spacial score (nSPS) is 10.8. The first-order valence-corrected chi connectivity index (χ1v) is 5.24. The Bertz CT molecular complexity index is 460. The van der Waals surface area contributed by atoms with Gasteiger partial charge >= 0.3 is 0 Å². The van der Waals surface area contributed by atoms with Crippen molar-refractivity contribution < 1.29 is 9.84 Å². The molecule has 2 aromatic rings. The minimum absolute atomic E-state index is 0.0282. The van der Waals surface area contributed by atoms with Gasteiger partial charge in [-0.05, 0) is 30.5 Å². The van der Waals surface area contributed by atoms with Crippen LogP contribution in [0.4, 0.5) is 0 Å². The van der Waals surface area contributed by atoms with Crippen LogP contribution in [0, 0.1) is 6.92 Å². The fraction of sp³-hybridized carbons (Fsp3) is 0.273. The highest BCUT2D eigenvalue weighted by molar-refractivity contribution is 7.19. The van der Waals surface area contributed by atoms with Gasteiger partial charge in [-0.15, -0.1) is 11.3 Å². The second-order valence-electron chi connectivity index (χ2n) is 3.18. The van der Waals surface area contributed by atoms with E-state index in [4.69, 9.17) is 4.74 Å². The topological polar surface area (TPSA) is 29.5 Å². The number of hydrogen-bond donors (Lipinski definition) is 1. The van der Waals surface area contributed by atoms with Gasteiger partial charge in [0.15, 0.2) is 0 Å². The molecule has 0 aliphatic carbocycles. The number of rotatable bonds is 2. The first-order valence-electron chi connectivity index (χ1n) is 4.43. The third-order valence-corrected chi connectivity index (χ3v) is 3.37. The maximum Gasteiger partial charge on any atom is 0.125 e. The zero-order valence-corrected chi connectivity index (χ0v) is 9.02. The van der Waals surface area contributed by atoms with Gasteiger partial charge in [-0.1, -0.05) is 0 Å². The molecule has 3 heteroatoms.